The molecule has 2 rings (SSSR count). The van der Waals surface area contributed by atoms with Gasteiger partial charge in [-0.2, -0.15) is 0 Å². The van der Waals surface area contributed by atoms with E-state index in [2.05, 4.69) is 12.5 Å². The van der Waals surface area contributed by atoms with Crippen molar-refractivity contribution in [3.63, 3.8) is 0 Å². The minimum Gasteiger partial charge on any atom is -0.342 e. The van der Waals surface area contributed by atoms with E-state index in [-0.39, 0.29) is 5.82 Å². The zero-order valence-electron chi connectivity index (χ0n) is 8.20. The van der Waals surface area contributed by atoms with E-state index in [9.17, 15) is 4.39 Å². The first-order chi connectivity index (χ1) is 7.26. The van der Waals surface area contributed by atoms with Gasteiger partial charge in [0.05, 0.1) is 0 Å². The van der Waals surface area contributed by atoms with Crippen LogP contribution >= 0.6 is 0 Å². The van der Waals surface area contributed by atoms with Gasteiger partial charge in [-0.15, -0.1) is 13.0 Å². The summed E-state index contributed by atoms with van der Waals surface area (Å²) in [6.45, 7) is 4.34. The zero-order valence-corrected chi connectivity index (χ0v) is 8.20. The van der Waals surface area contributed by atoms with Crippen molar-refractivity contribution in [2.45, 2.75) is 6.54 Å². The fraction of sp³-hybridized carbons (Fsp3) is 0.0769. The van der Waals surface area contributed by atoms with Crippen LogP contribution in [0.2, 0.25) is 0 Å². The van der Waals surface area contributed by atoms with Crippen molar-refractivity contribution in [1.29, 1.82) is 0 Å². The molecule has 1 aromatic carbocycles. The average molecular weight is 199 g/mol. The number of halogens is 1. The summed E-state index contributed by atoms with van der Waals surface area (Å²) in [5.74, 6) is 2.29. The Morgan fingerprint density at radius 2 is 2.33 bits per heavy atom. The number of benzene rings is 1. The molecule has 0 N–H and O–H groups in total. The molecule has 0 bridgehead atoms. The molecule has 0 aliphatic rings. The molecular formula is C13H10FN. The summed E-state index contributed by atoms with van der Waals surface area (Å²) in [4.78, 5) is 0. The molecule has 0 aliphatic carbocycles. The standard InChI is InChI=1S/C13H10FN/c1-3-7-15-9-10(4-2)12-8-11(14)5-6-13(12)15/h2-3,5-6,8-9H,1,7H2. The molecule has 74 valence electrons. The van der Waals surface area contributed by atoms with Gasteiger partial charge in [0.25, 0.3) is 0 Å². The number of hydrogen-bond acceptors (Lipinski definition) is 0. The van der Waals surface area contributed by atoms with Gasteiger partial charge in [0.2, 0.25) is 0 Å². The third-order valence-electron chi connectivity index (χ3n) is 2.32. The van der Waals surface area contributed by atoms with Crippen LogP contribution in [0.1, 0.15) is 5.56 Å². The average Bonchev–Trinajstić information content (AvgIpc) is 2.56. The summed E-state index contributed by atoms with van der Waals surface area (Å²) in [6.07, 6.45) is 8.98. The normalized spacial score (nSPS) is 10.1. The van der Waals surface area contributed by atoms with Gasteiger partial charge in [0.1, 0.15) is 5.82 Å². The second-order valence-electron chi connectivity index (χ2n) is 3.29. The van der Waals surface area contributed by atoms with E-state index in [4.69, 9.17) is 6.42 Å². The first-order valence-corrected chi connectivity index (χ1v) is 4.62. The molecule has 0 amide bonds. The third kappa shape index (κ3) is 1.53. The Balaban J connectivity index is 2.76. The second-order valence-corrected chi connectivity index (χ2v) is 3.29. The molecule has 0 radical (unpaired) electrons. The van der Waals surface area contributed by atoms with Crippen molar-refractivity contribution in [2.24, 2.45) is 0 Å². The predicted octanol–water partition coefficient (Wildman–Crippen LogP) is 2.95. The summed E-state index contributed by atoms with van der Waals surface area (Å²) in [5.41, 5.74) is 1.65. The Labute approximate surface area is 87.8 Å². The van der Waals surface area contributed by atoms with Gasteiger partial charge >= 0.3 is 0 Å². The Morgan fingerprint density at radius 3 is 3.00 bits per heavy atom. The Kier molecular flexibility index (Phi) is 2.31. The quantitative estimate of drug-likeness (QED) is 0.517. The predicted molar refractivity (Wildman–Crippen MR) is 60.0 cm³/mol. The van der Waals surface area contributed by atoms with Gasteiger partial charge in [0.15, 0.2) is 0 Å². The minimum absolute atomic E-state index is 0.268. The molecule has 1 heterocycles. The topological polar surface area (TPSA) is 4.93 Å². The highest BCUT2D eigenvalue weighted by Crippen LogP contribution is 2.21. The van der Waals surface area contributed by atoms with Gasteiger partial charge in [-0.1, -0.05) is 12.0 Å². The number of hydrogen-bond donors (Lipinski definition) is 0. The molecule has 0 aliphatic heterocycles. The minimum atomic E-state index is -0.268. The van der Waals surface area contributed by atoms with Crippen molar-refractivity contribution in [2.75, 3.05) is 0 Å². The molecule has 0 saturated carbocycles. The van der Waals surface area contributed by atoms with Gasteiger partial charge in [-0.25, -0.2) is 4.39 Å². The number of nitrogens with zero attached hydrogens (tertiary/aromatic N) is 1. The molecule has 1 aromatic heterocycles. The summed E-state index contributed by atoms with van der Waals surface area (Å²) in [7, 11) is 0. The SMILES string of the molecule is C#Cc1cn(CC=C)c2ccc(F)cc12. The molecule has 0 fully saturated rings. The van der Waals surface area contributed by atoms with E-state index in [0.29, 0.717) is 12.1 Å². The highest BCUT2D eigenvalue weighted by atomic mass is 19.1. The lowest BCUT2D eigenvalue weighted by molar-refractivity contribution is 0.629. The van der Waals surface area contributed by atoms with E-state index < -0.39 is 0 Å². The van der Waals surface area contributed by atoms with Crippen molar-refractivity contribution >= 4 is 10.9 Å². The first kappa shape index (κ1) is 9.54. The van der Waals surface area contributed by atoms with E-state index in [1.54, 1.807) is 12.1 Å². The van der Waals surface area contributed by atoms with Crippen LogP contribution in [0, 0.1) is 18.2 Å². The van der Waals surface area contributed by atoms with Crippen LogP contribution in [-0.4, -0.2) is 4.57 Å². The maximum absolute atomic E-state index is 13.1. The van der Waals surface area contributed by atoms with Crippen molar-refractivity contribution in [3.05, 3.63) is 48.4 Å². The zero-order chi connectivity index (χ0) is 10.8. The Morgan fingerprint density at radius 1 is 1.53 bits per heavy atom. The number of terminal acetylenes is 1. The Bertz CT molecular complexity index is 558. The lowest BCUT2D eigenvalue weighted by Crippen LogP contribution is -1.91. The van der Waals surface area contributed by atoms with Crippen LogP contribution in [-0.2, 0) is 6.54 Å². The van der Waals surface area contributed by atoms with Gasteiger partial charge in [0, 0.05) is 29.2 Å². The summed E-state index contributed by atoms with van der Waals surface area (Å²) < 4.78 is 15.0. The van der Waals surface area contributed by atoms with E-state index >= 15 is 0 Å². The van der Waals surface area contributed by atoms with E-state index in [1.165, 1.54) is 12.1 Å². The highest BCUT2D eigenvalue weighted by Gasteiger charge is 2.06. The fourth-order valence-corrected chi connectivity index (χ4v) is 1.67. The monoisotopic (exact) mass is 199 g/mol. The van der Waals surface area contributed by atoms with Gasteiger partial charge < -0.3 is 4.57 Å². The molecule has 15 heavy (non-hydrogen) atoms. The first-order valence-electron chi connectivity index (χ1n) is 4.62. The summed E-state index contributed by atoms with van der Waals surface area (Å²) in [6, 6.07) is 4.63. The molecule has 2 aromatic rings. The summed E-state index contributed by atoms with van der Waals surface area (Å²) in [5, 5.41) is 0.777. The molecule has 0 saturated heterocycles. The van der Waals surface area contributed by atoms with E-state index in [1.807, 2.05) is 10.8 Å². The maximum Gasteiger partial charge on any atom is 0.124 e. The van der Waals surface area contributed by atoms with Crippen LogP contribution in [0.4, 0.5) is 4.39 Å². The molecule has 0 atom stereocenters. The second kappa shape index (κ2) is 3.62. The third-order valence-corrected chi connectivity index (χ3v) is 2.32. The maximum atomic E-state index is 13.1. The number of fused-ring (bicyclic) bond motifs is 1. The molecule has 1 nitrogen and oxygen atoms in total. The molecular weight excluding hydrogens is 189 g/mol. The largest absolute Gasteiger partial charge is 0.342 e. The van der Waals surface area contributed by atoms with Crippen LogP contribution in [0.3, 0.4) is 0 Å². The van der Waals surface area contributed by atoms with Crippen molar-refractivity contribution in [3.8, 4) is 12.3 Å². The van der Waals surface area contributed by atoms with Crippen molar-refractivity contribution < 1.29 is 4.39 Å². The van der Waals surface area contributed by atoms with Crippen LogP contribution < -0.4 is 0 Å². The van der Waals surface area contributed by atoms with Crippen LogP contribution in [0.25, 0.3) is 10.9 Å². The van der Waals surface area contributed by atoms with Gasteiger partial charge in [-0.3, -0.25) is 0 Å². The number of allylic oxidation sites excluding steroid dienone is 1. The fourth-order valence-electron chi connectivity index (χ4n) is 1.67. The van der Waals surface area contributed by atoms with Crippen LogP contribution in [0.15, 0.2) is 37.1 Å². The molecule has 2 heteroatoms. The molecule has 0 spiro atoms. The highest BCUT2D eigenvalue weighted by molar-refractivity contribution is 5.86. The van der Waals surface area contributed by atoms with Gasteiger partial charge in [-0.05, 0) is 18.2 Å². The van der Waals surface area contributed by atoms with E-state index in [0.717, 1.165) is 10.9 Å². The number of aromatic nitrogens is 1. The van der Waals surface area contributed by atoms with Crippen molar-refractivity contribution in [1.82, 2.24) is 4.57 Å². The molecule has 0 unspecified atom stereocenters. The lowest BCUT2D eigenvalue weighted by atomic mass is 10.2. The Hall–Kier alpha value is -2.01. The van der Waals surface area contributed by atoms with Crippen LogP contribution in [0.5, 0.6) is 0 Å². The lowest BCUT2D eigenvalue weighted by Gasteiger charge is -1.99. The number of rotatable bonds is 2. The summed E-state index contributed by atoms with van der Waals surface area (Å²) >= 11 is 0. The smallest absolute Gasteiger partial charge is 0.124 e.